The highest BCUT2D eigenvalue weighted by Crippen LogP contribution is 2.11. The lowest BCUT2D eigenvalue weighted by molar-refractivity contribution is -0.129. The number of halogens is 1. The fraction of sp³-hybridized carbons (Fsp3) is 0.500. The van der Waals surface area contributed by atoms with Gasteiger partial charge in [-0.15, -0.1) is 11.8 Å². The topological polar surface area (TPSA) is 49.4 Å². The van der Waals surface area contributed by atoms with Crippen LogP contribution in [0.15, 0.2) is 24.3 Å². The van der Waals surface area contributed by atoms with Gasteiger partial charge in [0.25, 0.3) is 0 Å². The van der Waals surface area contributed by atoms with Gasteiger partial charge in [-0.3, -0.25) is 9.59 Å². The summed E-state index contributed by atoms with van der Waals surface area (Å²) in [6, 6.07) is 6.02. The first-order chi connectivity index (χ1) is 10.6. The molecule has 0 saturated carbocycles. The summed E-state index contributed by atoms with van der Waals surface area (Å²) in [5, 5.41) is 2.76. The number of thioether (sulfide) groups is 1. The highest BCUT2D eigenvalue weighted by Gasteiger charge is 2.16. The molecule has 0 spiro atoms. The van der Waals surface area contributed by atoms with Gasteiger partial charge in [-0.2, -0.15) is 0 Å². The zero-order valence-electron chi connectivity index (χ0n) is 12.5. The number of rotatable bonds is 6. The van der Waals surface area contributed by atoms with Crippen LogP contribution in [0.4, 0.5) is 4.39 Å². The molecule has 1 aromatic rings. The molecule has 0 atom stereocenters. The Morgan fingerprint density at radius 3 is 2.45 bits per heavy atom. The molecule has 0 radical (unpaired) electrons. The standard InChI is InChI=1S/C16H21FN2O2S/c17-14-6-4-13(5-7-14)10-18-15(20)11-22-12-16(21)19-8-2-1-3-9-19/h4-7H,1-3,8-12H2,(H,18,20). The van der Waals surface area contributed by atoms with Crippen LogP contribution >= 0.6 is 11.8 Å². The summed E-state index contributed by atoms with van der Waals surface area (Å²) in [5.41, 5.74) is 0.851. The molecule has 1 heterocycles. The Morgan fingerprint density at radius 1 is 1.09 bits per heavy atom. The maximum Gasteiger partial charge on any atom is 0.232 e. The van der Waals surface area contributed by atoms with Crippen molar-refractivity contribution >= 4 is 23.6 Å². The maximum atomic E-state index is 12.8. The molecule has 0 aromatic heterocycles. The summed E-state index contributed by atoms with van der Waals surface area (Å²) in [7, 11) is 0. The quantitative estimate of drug-likeness (QED) is 0.873. The first-order valence-electron chi connectivity index (χ1n) is 7.52. The summed E-state index contributed by atoms with van der Waals surface area (Å²) in [4.78, 5) is 25.5. The van der Waals surface area contributed by atoms with Crippen LogP contribution in [0.5, 0.6) is 0 Å². The van der Waals surface area contributed by atoms with Gasteiger partial charge in [0.15, 0.2) is 0 Å². The molecule has 4 nitrogen and oxygen atoms in total. The maximum absolute atomic E-state index is 12.8. The zero-order chi connectivity index (χ0) is 15.8. The number of amides is 2. The van der Waals surface area contributed by atoms with Crippen molar-refractivity contribution in [1.29, 1.82) is 0 Å². The van der Waals surface area contributed by atoms with Gasteiger partial charge in [0.1, 0.15) is 5.82 Å². The van der Waals surface area contributed by atoms with Gasteiger partial charge in [0.2, 0.25) is 11.8 Å². The average Bonchev–Trinajstić information content (AvgIpc) is 2.55. The van der Waals surface area contributed by atoms with Gasteiger partial charge in [-0.05, 0) is 37.0 Å². The third-order valence-corrected chi connectivity index (χ3v) is 4.49. The van der Waals surface area contributed by atoms with Crippen molar-refractivity contribution in [1.82, 2.24) is 10.2 Å². The summed E-state index contributed by atoms with van der Waals surface area (Å²) >= 11 is 1.34. The van der Waals surface area contributed by atoms with Crippen LogP contribution in [0, 0.1) is 5.82 Å². The first-order valence-corrected chi connectivity index (χ1v) is 8.67. The van der Waals surface area contributed by atoms with Crippen LogP contribution in [0.2, 0.25) is 0 Å². The predicted molar refractivity (Wildman–Crippen MR) is 86.0 cm³/mol. The van der Waals surface area contributed by atoms with E-state index in [1.807, 2.05) is 4.90 Å². The largest absolute Gasteiger partial charge is 0.351 e. The van der Waals surface area contributed by atoms with E-state index < -0.39 is 0 Å². The van der Waals surface area contributed by atoms with Crippen LogP contribution in [0.3, 0.4) is 0 Å². The number of nitrogens with zero attached hydrogens (tertiary/aromatic N) is 1. The summed E-state index contributed by atoms with van der Waals surface area (Å²) in [6.07, 6.45) is 3.35. The second-order valence-corrected chi connectivity index (χ2v) is 6.32. The summed E-state index contributed by atoms with van der Waals surface area (Å²) < 4.78 is 12.8. The third kappa shape index (κ3) is 5.67. The Bertz CT molecular complexity index is 501. The van der Waals surface area contributed by atoms with E-state index in [9.17, 15) is 14.0 Å². The van der Waals surface area contributed by atoms with Crippen molar-refractivity contribution in [3.8, 4) is 0 Å². The van der Waals surface area contributed by atoms with Gasteiger partial charge < -0.3 is 10.2 Å². The number of carbonyl (C=O) groups is 2. The lowest BCUT2D eigenvalue weighted by atomic mass is 10.1. The lowest BCUT2D eigenvalue weighted by Gasteiger charge is -2.26. The van der Waals surface area contributed by atoms with E-state index >= 15 is 0 Å². The van der Waals surface area contributed by atoms with Crippen molar-refractivity contribution in [3.05, 3.63) is 35.6 Å². The van der Waals surface area contributed by atoms with Crippen molar-refractivity contribution < 1.29 is 14.0 Å². The molecule has 1 aliphatic rings. The van der Waals surface area contributed by atoms with Gasteiger partial charge in [0, 0.05) is 19.6 Å². The lowest BCUT2D eigenvalue weighted by Crippen LogP contribution is -2.37. The Morgan fingerprint density at radius 2 is 1.77 bits per heavy atom. The molecule has 120 valence electrons. The van der Waals surface area contributed by atoms with Crippen LogP contribution in [0.1, 0.15) is 24.8 Å². The van der Waals surface area contributed by atoms with E-state index in [4.69, 9.17) is 0 Å². The number of hydrogen-bond acceptors (Lipinski definition) is 3. The molecule has 0 unspecified atom stereocenters. The van der Waals surface area contributed by atoms with Crippen molar-refractivity contribution in [2.75, 3.05) is 24.6 Å². The van der Waals surface area contributed by atoms with E-state index in [0.29, 0.717) is 12.3 Å². The third-order valence-electron chi connectivity index (χ3n) is 3.57. The summed E-state index contributed by atoms with van der Waals surface area (Å²) in [6.45, 7) is 2.06. The van der Waals surface area contributed by atoms with E-state index in [1.54, 1.807) is 12.1 Å². The van der Waals surface area contributed by atoms with Gasteiger partial charge in [-0.1, -0.05) is 12.1 Å². The SMILES string of the molecule is O=C(CSCC(=O)N1CCCCC1)NCc1ccc(F)cc1. The van der Waals surface area contributed by atoms with E-state index in [2.05, 4.69) is 5.32 Å². The molecule has 6 heteroatoms. The number of nitrogens with one attached hydrogen (secondary N) is 1. The molecule has 0 bridgehead atoms. The molecule has 1 fully saturated rings. The minimum absolute atomic E-state index is 0.110. The van der Waals surface area contributed by atoms with E-state index in [-0.39, 0.29) is 23.4 Å². The van der Waals surface area contributed by atoms with Crippen LogP contribution in [-0.4, -0.2) is 41.3 Å². The van der Waals surface area contributed by atoms with Crippen LogP contribution in [-0.2, 0) is 16.1 Å². The average molecular weight is 324 g/mol. The molecule has 1 N–H and O–H groups in total. The Balaban J connectivity index is 1.61. The van der Waals surface area contributed by atoms with Gasteiger partial charge in [-0.25, -0.2) is 4.39 Å². The van der Waals surface area contributed by atoms with Crippen molar-refractivity contribution in [3.63, 3.8) is 0 Å². The number of benzene rings is 1. The van der Waals surface area contributed by atoms with E-state index in [0.717, 1.165) is 31.5 Å². The fourth-order valence-electron chi connectivity index (χ4n) is 2.32. The van der Waals surface area contributed by atoms with Crippen molar-refractivity contribution in [2.45, 2.75) is 25.8 Å². The van der Waals surface area contributed by atoms with E-state index in [1.165, 1.54) is 30.3 Å². The second kappa shape index (κ2) is 8.78. The molecular weight excluding hydrogens is 303 g/mol. The van der Waals surface area contributed by atoms with Gasteiger partial charge >= 0.3 is 0 Å². The molecule has 22 heavy (non-hydrogen) atoms. The molecule has 2 rings (SSSR count). The van der Waals surface area contributed by atoms with Crippen LogP contribution < -0.4 is 5.32 Å². The first kappa shape index (κ1) is 16.8. The van der Waals surface area contributed by atoms with Crippen molar-refractivity contribution in [2.24, 2.45) is 0 Å². The molecule has 1 saturated heterocycles. The highest BCUT2D eigenvalue weighted by molar-refractivity contribution is 8.00. The highest BCUT2D eigenvalue weighted by atomic mass is 32.2. The second-order valence-electron chi connectivity index (χ2n) is 5.34. The number of hydrogen-bond donors (Lipinski definition) is 1. The molecule has 2 amide bonds. The number of piperidine rings is 1. The molecular formula is C16H21FN2O2S. The Hall–Kier alpha value is -1.56. The monoisotopic (exact) mass is 324 g/mol. The predicted octanol–water partition coefficient (Wildman–Crippen LogP) is 2.19. The summed E-state index contributed by atoms with van der Waals surface area (Å²) in [5.74, 6) is 0.337. The fourth-order valence-corrected chi connectivity index (χ4v) is 3.07. The minimum Gasteiger partial charge on any atom is -0.351 e. The molecule has 1 aliphatic heterocycles. The Kier molecular flexibility index (Phi) is 6.71. The smallest absolute Gasteiger partial charge is 0.232 e. The number of carbonyl (C=O) groups excluding carboxylic acids is 2. The molecule has 1 aromatic carbocycles. The normalized spacial score (nSPS) is 14.7. The van der Waals surface area contributed by atoms with Gasteiger partial charge in [0.05, 0.1) is 11.5 Å². The molecule has 0 aliphatic carbocycles. The minimum atomic E-state index is -0.290. The number of likely N-dealkylation sites (tertiary alicyclic amines) is 1. The Labute approximate surface area is 134 Å². The van der Waals surface area contributed by atoms with Crippen LogP contribution in [0.25, 0.3) is 0 Å². The zero-order valence-corrected chi connectivity index (χ0v) is 13.3.